The number of piperazine rings is 1. The van der Waals surface area contributed by atoms with Gasteiger partial charge in [-0.05, 0) is 69.2 Å². The lowest BCUT2D eigenvalue weighted by Gasteiger charge is -2.43. The van der Waals surface area contributed by atoms with Gasteiger partial charge in [-0.1, -0.05) is 30.3 Å². The van der Waals surface area contributed by atoms with E-state index in [0.717, 1.165) is 26.8 Å². The van der Waals surface area contributed by atoms with Crippen LogP contribution < -0.4 is 15.1 Å². The lowest BCUT2D eigenvalue weighted by molar-refractivity contribution is -0.133. The summed E-state index contributed by atoms with van der Waals surface area (Å²) >= 11 is 0. The van der Waals surface area contributed by atoms with Gasteiger partial charge in [0.15, 0.2) is 0 Å². The average molecular weight is 677 g/mol. The van der Waals surface area contributed by atoms with Crippen molar-refractivity contribution in [3.8, 4) is 6.07 Å². The van der Waals surface area contributed by atoms with Gasteiger partial charge in [-0.3, -0.25) is 29.1 Å². The van der Waals surface area contributed by atoms with Crippen molar-refractivity contribution in [2.24, 2.45) is 0 Å². The van der Waals surface area contributed by atoms with Gasteiger partial charge in [-0.25, -0.2) is 22.9 Å². The lowest BCUT2D eigenvalue weighted by Crippen LogP contribution is -2.65. The lowest BCUT2D eigenvalue weighted by atomic mass is 9.87. The number of pyridine rings is 1. The highest BCUT2D eigenvalue weighted by Crippen LogP contribution is 2.39. The molecular weight excluding hydrogens is 641 g/mol. The number of nitrogens with zero attached hydrogens (tertiary/aromatic N) is 5. The second-order valence-corrected chi connectivity index (χ2v) is 13.1. The van der Waals surface area contributed by atoms with E-state index in [4.69, 9.17) is 4.74 Å². The van der Waals surface area contributed by atoms with Crippen molar-refractivity contribution in [2.45, 2.75) is 70.2 Å². The Labute approximate surface area is 281 Å². The quantitative estimate of drug-likeness (QED) is 0.370. The van der Waals surface area contributed by atoms with Crippen molar-refractivity contribution >= 4 is 35.3 Å². The minimum absolute atomic E-state index is 0.0703. The number of hydrogen-bond acceptors (Lipinski definition) is 7. The van der Waals surface area contributed by atoms with Gasteiger partial charge in [0.2, 0.25) is 11.8 Å². The SMILES string of the molecule is Cc1ccccc1[C@@H](C(=O)NC1CC(F)(F)C1)N(C(=O)[C@@H]1CN(C(=O)OC(C)(C)C)CC(=O)N1c1cc(C#N)ccn1)c1cccc(F)c1. The second kappa shape index (κ2) is 13.6. The predicted molar refractivity (Wildman–Crippen MR) is 172 cm³/mol. The van der Waals surface area contributed by atoms with Gasteiger partial charge >= 0.3 is 6.09 Å². The number of aromatic nitrogens is 1. The molecule has 2 heterocycles. The fraction of sp³-hybridized carbons (Fsp3) is 0.371. The number of alkyl halides is 2. The topological polar surface area (TPSA) is 136 Å². The predicted octanol–water partition coefficient (Wildman–Crippen LogP) is 5.04. The number of ether oxygens (including phenoxy) is 1. The number of rotatable bonds is 7. The molecule has 3 aromatic rings. The molecular formula is C35H35F3N6O5. The van der Waals surface area contributed by atoms with Crippen LogP contribution in [0.2, 0.25) is 0 Å². The van der Waals surface area contributed by atoms with Crippen LogP contribution in [0.5, 0.6) is 0 Å². The molecule has 1 aliphatic carbocycles. The molecule has 1 saturated carbocycles. The highest BCUT2D eigenvalue weighted by atomic mass is 19.3. The largest absolute Gasteiger partial charge is 0.444 e. The molecule has 2 aliphatic rings. The van der Waals surface area contributed by atoms with Crippen LogP contribution in [-0.4, -0.2) is 70.4 Å². The maximum atomic E-state index is 15.1. The number of halogens is 3. The minimum Gasteiger partial charge on any atom is -0.444 e. The summed E-state index contributed by atoms with van der Waals surface area (Å²) in [5.74, 6) is -6.24. The first-order valence-electron chi connectivity index (χ1n) is 15.6. The molecule has 49 heavy (non-hydrogen) atoms. The Balaban J connectivity index is 1.66. The third kappa shape index (κ3) is 7.83. The van der Waals surface area contributed by atoms with Crippen LogP contribution in [0.25, 0.3) is 0 Å². The van der Waals surface area contributed by atoms with Crippen LogP contribution in [0, 0.1) is 24.1 Å². The fourth-order valence-corrected chi connectivity index (χ4v) is 5.85. The van der Waals surface area contributed by atoms with Gasteiger partial charge in [0.05, 0.1) is 18.2 Å². The minimum atomic E-state index is -2.95. The number of nitriles is 1. The van der Waals surface area contributed by atoms with Crippen molar-refractivity contribution in [2.75, 3.05) is 22.9 Å². The molecule has 1 saturated heterocycles. The summed E-state index contributed by atoms with van der Waals surface area (Å²) in [7, 11) is 0. The van der Waals surface area contributed by atoms with Crippen LogP contribution in [-0.2, 0) is 19.1 Å². The Bertz CT molecular complexity index is 1820. The Morgan fingerprint density at radius 3 is 2.45 bits per heavy atom. The van der Waals surface area contributed by atoms with Gasteiger partial charge < -0.3 is 10.1 Å². The molecule has 0 radical (unpaired) electrons. The molecule has 0 unspecified atom stereocenters. The highest BCUT2D eigenvalue weighted by molar-refractivity contribution is 6.10. The normalized spacial score (nSPS) is 18.2. The van der Waals surface area contributed by atoms with Crippen molar-refractivity contribution in [3.05, 3.63) is 89.4 Å². The zero-order chi connectivity index (χ0) is 35.7. The van der Waals surface area contributed by atoms with E-state index in [2.05, 4.69) is 10.3 Å². The summed E-state index contributed by atoms with van der Waals surface area (Å²) in [4.78, 5) is 63.7. The van der Waals surface area contributed by atoms with E-state index < -0.39 is 85.2 Å². The average Bonchev–Trinajstić information content (AvgIpc) is 3.01. The zero-order valence-corrected chi connectivity index (χ0v) is 27.3. The molecule has 1 N–H and O–H groups in total. The number of carbonyl (C=O) groups excluding carboxylic acids is 4. The summed E-state index contributed by atoms with van der Waals surface area (Å²) in [6.07, 6.45) is -0.785. The highest BCUT2D eigenvalue weighted by Gasteiger charge is 2.49. The van der Waals surface area contributed by atoms with E-state index in [1.54, 1.807) is 52.0 Å². The van der Waals surface area contributed by atoms with E-state index in [0.29, 0.717) is 11.1 Å². The van der Waals surface area contributed by atoms with Gasteiger partial charge in [-0.2, -0.15) is 5.26 Å². The van der Waals surface area contributed by atoms with Gasteiger partial charge in [0, 0.05) is 30.8 Å². The van der Waals surface area contributed by atoms with Crippen LogP contribution in [0.1, 0.15) is 56.3 Å². The number of amides is 4. The molecule has 1 aliphatic heterocycles. The number of benzene rings is 2. The van der Waals surface area contributed by atoms with Gasteiger partial charge in [-0.15, -0.1) is 0 Å². The summed E-state index contributed by atoms with van der Waals surface area (Å²) in [5, 5.41) is 12.2. The maximum Gasteiger partial charge on any atom is 0.410 e. The fourth-order valence-electron chi connectivity index (χ4n) is 5.85. The first kappa shape index (κ1) is 34.9. The van der Waals surface area contributed by atoms with Gasteiger partial charge in [0.25, 0.3) is 11.8 Å². The maximum absolute atomic E-state index is 15.1. The Morgan fingerprint density at radius 1 is 1.10 bits per heavy atom. The second-order valence-electron chi connectivity index (χ2n) is 13.1. The Kier molecular flexibility index (Phi) is 9.66. The number of anilines is 2. The third-order valence-corrected chi connectivity index (χ3v) is 8.11. The molecule has 2 fully saturated rings. The van der Waals surface area contributed by atoms with Crippen LogP contribution >= 0.6 is 0 Å². The molecule has 2 aromatic carbocycles. The van der Waals surface area contributed by atoms with E-state index in [1.165, 1.54) is 30.5 Å². The van der Waals surface area contributed by atoms with Crippen molar-refractivity contribution in [1.29, 1.82) is 5.26 Å². The Morgan fingerprint density at radius 2 is 1.82 bits per heavy atom. The van der Waals surface area contributed by atoms with Crippen molar-refractivity contribution < 1.29 is 37.1 Å². The van der Waals surface area contributed by atoms with E-state index in [1.807, 2.05) is 6.07 Å². The van der Waals surface area contributed by atoms with Gasteiger partial charge in [0.1, 0.15) is 35.9 Å². The zero-order valence-electron chi connectivity index (χ0n) is 27.3. The summed E-state index contributed by atoms with van der Waals surface area (Å²) < 4.78 is 48.0. The summed E-state index contributed by atoms with van der Waals surface area (Å²) in [5.41, 5.74) is -0.0145. The Hall–Kier alpha value is -5.45. The molecule has 11 nitrogen and oxygen atoms in total. The molecule has 5 rings (SSSR count). The van der Waals surface area contributed by atoms with Crippen LogP contribution in [0.3, 0.4) is 0 Å². The monoisotopic (exact) mass is 676 g/mol. The van der Waals surface area contributed by atoms with Crippen LogP contribution in [0.15, 0.2) is 66.9 Å². The van der Waals surface area contributed by atoms with Crippen molar-refractivity contribution in [1.82, 2.24) is 15.2 Å². The number of carbonyl (C=O) groups is 4. The smallest absolute Gasteiger partial charge is 0.410 e. The summed E-state index contributed by atoms with van der Waals surface area (Å²) in [6.45, 7) is 5.67. The standard InChI is InChI=1S/C35H35F3N6O5/c1-21-8-5-6-11-26(21)30(31(46)41-24-16-35(37,38)17-24)43(25-10-7-9-23(36)15-25)32(47)27-19-42(33(48)49-34(2,3)4)20-29(45)44(27)28-14-22(18-39)12-13-40-28/h5-15,24,27,30H,16-17,19-20H2,1-4H3,(H,41,46)/t27-,30-/m0/s1. The third-order valence-electron chi connectivity index (χ3n) is 8.11. The molecule has 0 spiro atoms. The van der Waals surface area contributed by atoms with Crippen molar-refractivity contribution in [3.63, 3.8) is 0 Å². The first-order chi connectivity index (χ1) is 23.1. The number of hydrogen-bond donors (Lipinski definition) is 1. The molecule has 256 valence electrons. The number of aryl methyl sites for hydroxylation is 1. The summed E-state index contributed by atoms with van der Waals surface area (Å²) in [6, 6.07) is 12.2. The molecule has 0 bridgehead atoms. The molecule has 14 heteroatoms. The molecule has 1 aromatic heterocycles. The molecule has 4 amide bonds. The van der Waals surface area contributed by atoms with E-state index >= 15 is 4.79 Å². The number of nitrogens with one attached hydrogen (secondary N) is 1. The first-order valence-corrected chi connectivity index (χ1v) is 15.6. The van der Waals surface area contributed by atoms with Crippen LogP contribution in [0.4, 0.5) is 29.5 Å². The molecule has 2 atom stereocenters. The van der Waals surface area contributed by atoms with E-state index in [9.17, 15) is 32.8 Å². The van der Waals surface area contributed by atoms with E-state index in [-0.39, 0.29) is 17.1 Å².